The van der Waals surface area contributed by atoms with Gasteiger partial charge < -0.3 is 9.15 Å². The molecule has 0 fully saturated rings. The van der Waals surface area contributed by atoms with Gasteiger partial charge in [-0.1, -0.05) is 36.4 Å². The van der Waals surface area contributed by atoms with E-state index in [9.17, 15) is 0 Å². The highest BCUT2D eigenvalue weighted by molar-refractivity contribution is 6.05. The smallest absolute Gasteiger partial charge is 0.139 e. The third kappa shape index (κ3) is 1.53. The number of benzene rings is 3. The normalized spacial score (nSPS) is 13.0. The Labute approximate surface area is 121 Å². The maximum absolute atomic E-state index is 6.02. The van der Waals surface area contributed by atoms with Crippen molar-refractivity contribution in [2.75, 3.05) is 0 Å². The second-order valence-corrected chi connectivity index (χ2v) is 5.44. The Balaban J connectivity index is 1.79. The average molecular weight is 272 g/mol. The van der Waals surface area contributed by atoms with Crippen LogP contribution in [-0.2, 0) is 6.42 Å². The molecule has 1 aromatic heterocycles. The van der Waals surface area contributed by atoms with Gasteiger partial charge in [0.25, 0.3) is 0 Å². The van der Waals surface area contributed by atoms with Crippen molar-refractivity contribution < 1.29 is 9.15 Å². The van der Waals surface area contributed by atoms with Crippen LogP contribution in [0, 0.1) is 0 Å². The van der Waals surface area contributed by atoms with Gasteiger partial charge in [-0.15, -0.1) is 0 Å². The maximum Gasteiger partial charge on any atom is 0.139 e. The number of furan rings is 1. The fraction of sp³-hybridized carbons (Fsp3) is 0.0526. The zero-order chi connectivity index (χ0) is 13.8. The molecule has 1 aliphatic heterocycles. The van der Waals surface area contributed by atoms with Gasteiger partial charge in [0.1, 0.15) is 22.7 Å². The molecule has 3 aromatic carbocycles. The van der Waals surface area contributed by atoms with Crippen molar-refractivity contribution in [3.8, 4) is 11.5 Å². The van der Waals surface area contributed by atoms with E-state index in [-0.39, 0.29) is 0 Å². The number of para-hydroxylation sites is 2. The molecule has 0 saturated carbocycles. The van der Waals surface area contributed by atoms with Crippen molar-refractivity contribution in [2.24, 2.45) is 0 Å². The molecule has 0 unspecified atom stereocenters. The van der Waals surface area contributed by atoms with Gasteiger partial charge in [0.05, 0.1) is 0 Å². The van der Waals surface area contributed by atoms with Crippen molar-refractivity contribution >= 4 is 21.9 Å². The van der Waals surface area contributed by atoms with Gasteiger partial charge >= 0.3 is 0 Å². The Morgan fingerprint density at radius 3 is 2.52 bits per heavy atom. The van der Waals surface area contributed by atoms with E-state index in [1.807, 2.05) is 36.4 Å². The molecule has 0 amide bonds. The third-order valence-electron chi connectivity index (χ3n) is 4.13. The highest BCUT2D eigenvalue weighted by atomic mass is 16.5. The van der Waals surface area contributed by atoms with E-state index in [1.54, 1.807) is 0 Å². The van der Waals surface area contributed by atoms with Gasteiger partial charge in [-0.05, 0) is 23.8 Å². The zero-order valence-electron chi connectivity index (χ0n) is 11.3. The van der Waals surface area contributed by atoms with Crippen LogP contribution < -0.4 is 4.74 Å². The largest absolute Gasteiger partial charge is 0.457 e. The van der Waals surface area contributed by atoms with Crippen LogP contribution in [0.2, 0.25) is 0 Å². The van der Waals surface area contributed by atoms with Gasteiger partial charge in [0.15, 0.2) is 0 Å². The molecule has 0 atom stereocenters. The first-order chi connectivity index (χ1) is 10.4. The lowest BCUT2D eigenvalue weighted by Gasteiger charge is -2.19. The molecule has 0 radical (unpaired) electrons. The van der Waals surface area contributed by atoms with Gasteiger partial charge in [-0.3, -0.25) is 0 Å². The van der Waals surface area contributed by atoms with E-state index >= 15 is 0 Å². The van der Waals surface area contributed by atoms with Crippen LogP contribution in [-0.4, -0.2) is 0 Å². The van der Waals surface area contributed by atoms with Crippen LogP contribution in [0.4, 0.5) is 0 Å². The molecule has 0 saturated heterocycles. The summed E-state index contributed by atoms with van der Waals surface area (Å²) in [5.41, 5.74) is 4.26. The number of fused-ring (bicyclic) bond motifs is 5. The molecular formula is C19H12O2. The average Bonchev–Trinajstić information content (AvgIpc) is 2.88. The predicted molar refractivity (Wildman–Crippen MR) is 83.0 cm³/mol. The molecular weight excluding hydrogens is 260 g/mol. The lowest BCUT2D eigenvalue weighted by Crippen LogP contribution is -2.02. The zero-order valence-corrected chi connectivity index (χ0v) is 11.3. The minimum Gasteiger partial charge on any atom is -0.457 e. The van der Waals surface area contributed by atoms with E-state index in [2.05, 4.69) is 24.3 Å². The summed E-state index contributed by atoms with van der Waals surface area (Å²) in [6.07, 6.45) is 0.904. The summed E-state index contributed by atoms with van der Waals surface area (Å²) in [5, 5.41) is 2.32. The summed E-state index contributed by atoms with van der Waals surface area (Å²) in [6.45, 7) is 0. The topological polar surface area (TPSA) is 22.4 Å². The molecule has 2 nitrogen and oxygen atoms in total. The second kappa shape index (κ2) is 3.89. The van der Waals surface area contributed by atoms with Crippen LogP contribution in [0.25, 0.3) is 21.9 Å². The lowest BCUT2D eigenvalue weighted by atomic mass is 9.98. The van der Waals surface area contributed by atoms with Crippen LogP contribution >= 0.6 is 0 Å². The highest BCUT2D eigenvalue weighted by Crippen LogP contribution is 2.40. The first kappa shape index (κ1) is 11.0. The molecule has 0 spiro atoms. The Morgan fingerprint density at radius 2 is 1.52 bits per heavy atom. The molecule has 2 heterocycles. The quantitative estimate of drug-likeness (QED) is 0.382. The van der Waals surface area contributed by atoms with E-state index in [0.717, 1.165) is 39.9 Å². The maximum atomic E-state index is 6.02. The van der Waals surface area contributed by atoms with Crippen LogP contribution in [0.3, 0.4) is 0 Å². The molecule has 1 aliphatic rings. The van der Waals surface area contributed by atoms with E-state index < -0.39 is 0 Å². The minimum atomic E-state index is 0.884. The molecule has 5 rings (SSSR count). The first-order valence-electron chi connectivity index (χ1n) is 7.08. The lowest BCUT2D eigenvalue weighted by molar-refractivity contribution is 0.460. The molecule has 0 aliphatic carbocycles. The fourth-order valence-electron chi connectivity index (χ4n) is 3.10. The second-order valence-electron chi connectivity index (χ2n) is 5.44. The highest BCUT2D eigenvalue weighted by Gasteiger charge is 2.19. The molecule has 100 valence electrons. The van der Waals surface area contributed by atoms with Crippen molar-refractivity contribution in [1.82, 2.24) is 0 Å². The molecule has 21 heavy (non-hydrogen) atoms. The van der Waals surface area contributed by atoms with Gasteiger partial charge in [0, 0.05) is 28.8 Å². The summed E-state index contributed by atoms with van der Waals surface area (Å²) in [4.78, 5) is 0. The Morgan fingerprint density at radius 1 is 0.667 bits per heavy atom. The van der Waals surface area contributed by atoms with Gasteiger partial charge in [-0.25, -0.2) is 0 Å². The number of hydrogen-bond donors (Lipinski definition) is 0. The number of rotatable bonds is 0. The molecule has 0 N–H and O–H groups in total. The monoisotopic (exact) mass is 272 g/mol. The molecule has 2 heteroatoms. The summed E-state index contributed by atoms with van der Waals surface area (Å²) in [7, 11) is 0. The van der Waals surface area contributed by atoms with Gasteiger partial charge in [-0.2, -0.15) is 0 Å². The first-order valence-corrected chi connectivity index (χ1v) is 7.08. The van der Waals surface area contributed by atoms with Gasteiger partial charge in [0.2, 0.25) is 0 Å². The van der Waals surface area contributed by atoms with Crippen molar-refractivity contribution in [1.29, 1.82) is 0 Å². The fourth-order valence-corrected chi connectivity index (χ4v) is 3.10. The molecule has 0 bridgehead atoms. The van der Waals surface area contributed by atoms with Crippen LogP contribution in [0.1, 0.15) is 11.1 Å². The van der Waals surface area contributed by atoms with E-state index in [0.29, 0.717) is 0 Å². The predicted octanol–water partition coefficient (Wildman–Crippen LogP) is 5.28. The van der Waals surface area contributed by atoms with Crippen molar-refractivity contribution in [3.05, 3.63) is 71.8 Å². The summed E-state index contributed by atoms with van der Waals surface area (Å²) in [5.74, 6) is 1.85. The Kier molecular flexibility index (Phi) is 2.03. The Hall–Kier alpha value is -2.74. The summed E-state index contributed by atoms with van der Waals surface area (Å²) in [6, 6.07) is 20.6. The summed E-state index contributed by atoms with van der Waals surface area (Å²) >= 11 is 0. The number of ether oxygens (including phenoxy) is 1. The van der Waals surface area contributed by atoms with Crippen LogP contribution in [0.15, 0.2) is 65.1 Å². The summed E-state index contributed by atoms with van der Waals surface area (Å²) < 4.78 is 11.9. The van der Waals surface area contributed by atoms with E-state index in [4.69, 9.17) is 9.15 Å². The SMILES string of the molecule is c1ccc2c(c1)Cc1cc3c(cc1O2)oc1ccccc13. The minimum absolute atomic E-state index is 0.884. The van der Waals surface area contributed by atoms with E-state index in [1.165, 1.54) is 11.1 Å². The Bertz CT molecular complexity index is 995. The van der Waals surface area contributed by atoms with Crippen molar-refractivity contribution in [3.63, 3.8) is 0 Å². The third-order valence-corrected chi connectivity index (χ3v) is 4.13. The number of hydrogen-bond acceptors (Lipinski definition) is 2. The standard InChI is InChI=1S/C19H12O2/c1-3-7-16-12(5-1)9-13-10-15-14-6-2-4-8-17(14)21-19(15)11-18(13)20-16/h1-8,10-11H,9H2. The molecule has 4 aromatic rings. The van der Waals surface area contributed by atoms with Crippen molar-refractivity contribution in [2.45, 2.75) is 6.42 Å². The van der Waals surface area contributed by atoms with Crippen LogP contribution in [0.5, 0.6) is 11.5 Å².